The molecule has 1 aliphatic heterocycles. The summed E-state index contributed by atoms with van der Waals surface area (Å²) in [4.78, 5) is 0. The Labute approximate surface area is 153 Å². The van der Waals surface area contributed by atoms with Crippen molar-refractivity contribution in [3.63, 3.8) is 0 Å². The summed E-state index contributed by atoms with van der Waals surface area (Å²) >= 11 is 0. The van der Waals surface area contributed by atoms with E-state index < -0.39 is 0 Å². The number of fused-ring (bicyclic) bond motifs is 1. The summed E-state index contributed by atoms with van der Waals surface area (Å²) < 4.78 is 12.9. The molecule has 0 radical (unpaired) electrons. The molecule has 0 bridgehead atoms. The molecule has 3 aromatic rings. The van der Waals surface area contributed by atoms with E-state index in [1.54, 1.807) is 14.2 Å². The lowest BCUT2D eigenvalue weighted by Gasteiger charge is -2.11. The number of rotatable bonds is 4. The third kappa shape index (κ3) is 2.60. The monoisotopic (exact) mass is 349 g/mol. The van der Waals surface area contributed by atoms with Crippen molar-refractivity contribution < 1.29 is 9.47 Å². The summed E-state index contributed by atoms with van der Waals surface area (Å²) in [7, 11) is 3.30. The minimum atomic E-state index is 0.714. The van der Waals surface area contributed by atoms with Crippen LogP contribution in [-0.2, 0) is 6.42 Å². The Balaban J connectivity index is 1.88. The Morgan fingerprint density at radius 3 is 2.58 bits per heavy atom. The zero-order valence-electron chi connectivity index (χ0n) is 15.6. The van der Waals surface area contributed by atoms with Gasteiger partial charge >= 0.3 is 0 Å². The SMILES string of the molecule is COc1ccc(-c2nn(-c3cc(C)ccc3C)c3c2CCN3)cc1OC. The van der Waals surface area contributed by atoms with Gasteiger partial charge in [0, 0.05) is 17.7 Å². The smallest absolute Gasteiger partial charge is 0.161 e. The van der Waals surface area contributed by atoms with Gasteiger partial charge in [-0.15, -0.1) is 0 Å². The summed E-state index contributed by atoms with van der Waals surface area (Å²) in [5.41, 5.74) is 6.81. The van der Waals surface area contributed by atoms with Crippen LogP contribution in [-0.4, -0.2) is 30.5 Å². The third-order valence-electron chi connectivity index (χ3n) is 4.90. The molecule has 0 aliphatic carbocycles. The van der Waals surface area contributed by atoms with Crippen molar-refractivity contribution in [1.82, 2.24) is 9.78 Å². The van der Waals surface area contributed by atoms with E-state index in [9.17, 15) is 0 Å². The van der Waals surface area contributed by atoms with E-state index in [0.717, 1.165) is 41.5 Å². The van der Waals surface area contributed by atoms with Crippen LogP contribution < -0.4 is 14.8 Å². The highest BCUT2D eigenvalue weighted by atomic mass is 16.5. The lowest BCUT2D eigenvalue weighted by molar-refractivity contribution is 0.355. The van der Waals surface area contributed by atoms with Gasteiger partial charge in [-0.3, -0.25) is 0 Å². The molecular formula is C21H23N3O2. The predicted molar refractivity (Wildman–Crippen MR) is 104 cm³/mol. The number of anilines is 1. The summed E-state index contributed by atoms with van der Waals surface area (Å²) in [5.74, 6) is 2.52. The van der Waals surface area contributed by atoms with Gasteiger partial charge in [-0.1, -0.05) is 12.1 Å². The van der Waals surface area contributed by atoms with Gasteiger partial charge in [-0.05, 0) is 55.7 Å². The number of hydrogen-bond donors (Lipinski definition) is 1. The minimum absolute atomic E-state index is 0.714. The maximum atomic E-state index is 5.47. The molecule has 0 fully saturated rings. The van der Waals surface area contributed by atoms with Gasteiger partial charge in [0.05, 0.1) is 25.6 Å². The van der Waals surface area contributed by atoms with E-state index in [4.69, 9.17) is 14.6 Å². The highest BCUT2D eigenvalue weighted by Gasteiger charge is 2.25. The van der Waals surface area contributed by atoms with E-state index in [1.165, 1.54) is 16.7 Å². The molecule has 0 atom stereocenters. The Morgan fingerprint density at radius 2 is 1.81 bits per heavy atom. The number of nitrogens with one attached hydrogen (secondary N) is 1. The Bertz CT molecular complexity index is 976. The fourth-order valence-corrected chi connectivity index (χ4v) is 3.51. The molecule has 0 saturated heterocycles. The molecule has 1 aromatic heterocycles. The second-order valence-corrected chi connectivity index (χ2v) is 6.62. The first-order valence-corrected chi connectivity index (χ1v) is 8.78. The number of ether oxygens (including phenoxy) is 2. The topological polar surface area (TPSA) is 48.3 Å². The van der Waals surface area contributed by atoms with E-state index in [0.29, 0.717) is 5.75 Å². The molecule has 134 valence electrons. The fraction of sp³-hybridized carbons (Fsp3) is 0.286. The summed E-state index contributed by atoms with van der Waals surface area (Å²) in [6, 6.07) is 12.4. The van der Waals surface area contributed by atoms with Crippen LogP contribution in [0.4, 0.5) is 5.82 Å². The van der Waals surface area contributed by atoms with Crippen LogP contribution >= 0.6 is 0 Å². The molecule has 2 aromatic carbocycles. The maximum absolute atomic E-state index is 5.47. The van der Waals surface area contributed by atoms with Crippen molar-refractivity contribution in [3.8, 4) is 28.4 Å². The molecule has 2 heterocycles. The first-order chi connectivity index (χ1) is 12.6. The van der Waals surface area contributed by atoms with Gasteiger partial charge in [0.1, 0.15) is 5.82 Å². The molecule has 5 heteroatoms. The molecule has 0 amide bonds. The van der Waals surface area contributed by atoms with Crippen molar-refractivity contribution in [2.24, 2.45) is 0 Å². The zero-order chi connectivity index (χ0) is 18.3. The number of aryl methyl sites for hydroxylation is 2. The first-order valence-electron chi connectivity index (χ1n) is 8.78. The predicted octanol–water partition coefficient (Wildman–Crippen LogP) is 4.14. The molecule has 26 heavy (non-hydrogen) atoms. The highest BCUT2D eigenvalue weighted by Crippen LogP contribution is 2.38. The molecule has 0 unspecified atom stereocenters. The number of aromatic nitrogens is 2. The molecule has 1 N–H and O–H groups in total. The van der Waals surface area contributed by atoms with E-state index in [-0.39, 0.29) is 0 Å². The van der Waals surface area contributed by atoms with Crippen LogP contribution in [0.3, 0.4) is 0 Å². The standard InChI is InChI=1S/C21H23N3O2/c1-13-5-6-14(2)17(11-13)24-21-16(9-10-22-21)20(23-24)15-7-8-18(25-3)19(12-15)26-4/h5-8,11-12,22H,9-10H2,1-4H3. The summed E-state index contributed by atoms with van der Waals surface area (Å²) in [5, 5.41) is 8.46. The Hall–Kier alpha value is -2.95. The van der Waals surface area contributed by atoms with E-state index in [1.807, 2.05) is 22.9 Å². The van der Waals surface area contributed by atoms with Gasteiger partial charge in [-0.25, -0.2) is 4.68 Å². The van der Waals surface area contributed by atoms with Crippen LogP contribution in [0.15, 0.2) is 36.4 Å². The van der Waals surface area contributed by atoms with Crippen molar-refractivity contribution in [2.75, 3.05) is 26.1 Å². The maximum Gasteiger partial charge on any atom is 0.161 e. The van der Waals surface area contributed by atoms with Gasteiger partial charge < -0.3 is 14.8 Å². The van der Waals surface area contributed by atoms with Crippen LogP contribution in [0.5, 0.6) is 11.5 Å². The fourth-order valence-electron chi connectivity index (χ4n) is 3.51. The van der Waals surface area contributed by atoms with Gasteiger partial charge in [-0.2, -0.15) is 5.10 Å². The average molecular weight is 349 g/mol. The summed E-state index contributed by atoms with van der Waals surface area (Å²) in [6.45, 7) is 5.15. The molecule has 0 saturated carbocycles. The van der Waals surface area contributed by atoms with Crippen molar-refractivity contribution in [2.45, 2.75) is 20.3 Å². The van der Waals surface area contributed by atoms with Crippen molar-refractivity contribution in [3.05, 3.63) is 53.1 Å². The highest BCUT2D eigenvalue weighted by molar-refractivity contribution is 5.74. The number of benzene rings is 2. The number of nitrogens with zero attached hydrogens (tertiary/aromatic N) is 2. The largest absolute Gasteiger partial charge is 0.493 e. The van der Waals surface area contributed by atoms with E-state index in [2.05, 4.69) is 37.4 Å². The van der Waals surface area contributed by atoms with Crippen LogP contribution in [0.2, 0.25) is 0 Å². The molecule has 4 rings (SSSR count). The second kappa shape index (κ2) is 6.41. The Kier molecular flexibility index (Phi) is 4.07. The molecule has 0 spiro atoms. The Morgan fingerprint density at radius 1 is 1.00 bits per heavy atom. The average Bonchev–Trinajstić information content (AvgIpc) is 3.26. The van der Waals surface area contributed by atoms with Crippen LogP contribution in [0, 0.1) is 13.8 Å². The van der Waals surface area contributed by atoms with Gasteiger partial charge in [0.15, 0.2) is 11.5 Å². The second-order valence-electron chi connectivity index (χ2n) is 6.62. The number of methoxy groups -OCH3 is 2. The quantitative estimate of drug-likeness (QED) is 0.769. The normalized spacial score (nSPS) is 12.6. The number of hydrogen-bond acceptors (Lipinski definition) is 4. The van der Waals surface area contributed by atoms with Gasteiger partial charge in [0.25, 0.3) is 0 Å². The van der Waals surface area contributed by atoms with Crippen molar-refractivity contribution in [1.29, 1.82) is 0 Å². The molecular weight excluding hydrogens is 326 g/mol. The van der Waals surface area contributed by atoms with E-state index >= 15 is 0 Å². The zero-order valence-corrected chi connectivity index (χ0v) is 15.6. The molecule has 5 nitrogen and oxygen atoms in total. The van der Waals surface area contributed by atoms with Crippen LogP contribution in [0.25, 0.3) is 16.9 Å². The minimum Gasteiger partial charge on any atom is -0.493 e. The first kappa shape index (κ1) is 16.5. The lowest BCUT2D eigenvalue weighted by Crippen LogP contribution is -2.06. The molecule has 1 aliphatic rings. The van der Waals surface area contributed by atoms with Gasteiger partial charge in [0.2, 0.25) is 0 Å². The lowest BCUT2D eigenvalue weighted by atomic mass is 10.1. The summed E-state index contributed by atoms with van der Waals surface area (Å²) in [6.07, 6.45) is 0.962. The third-order valence-corrected chi connectivity index (χ3v) is 4.90. The van der Waals surface area contributed by atoms with Crippen LogP contribution in [0.1, 0.15) is 16.7 Å². The van der Waals surface area contributed by atoms with Crippen molar-refractivity contribution >= 4 is 5.82 Å².